The number of ether oxygens (including phenoxy) is 1. The van der Waals surface area contributed by atoms with E-state index in [4.69, 9.17) is 4.74 Å². The molecule has 110 valence electrons. The van der Waals surface area contributed by atoms with Gasteiger partial charge in [-0.15, -0.1) is 0 Å². The molecule has 3 atom stereocenters. The molecule has 2 aliphatic rings. The van der Waals surface area contributed by atoms with Crippen molar-refractivity contribution < 1.29 is 23.4 Å². The second-order valence-electron chi connectivity index (χ2n) is 5.57. The molecule has 1 aliphatic heterocycles. The molecule has 1 fully saturated rings. The Morgan fingerprint density at radius 1 is 1.20 bits per heavy atom. The van der Waals surface area contributed by atoms with Crippen molar-refractivity contribution in [3.8, 4) is 5.75 Å². The molecular formula is C14H18O5S. The summed E-state index contributed by atoms with van der Waals surface area (Å²) in [5.41, 5.74) is 1.96. The lowest BCUT2D eigenvalue weighted by Gasteiger charge is -2.23. The molecule has 2 N–H and O–H groups in total. The van der Waals surface area contributed by atoms with Crippen LogP contribution in [0.5, 0.6) is 5.75 Å². The van der Waals surface area contributed by atoms with Crippen LogP contribution in [0.25, 0.3) is 0 Å². The highest BCUT2D eigenvalue weighted by molar-refractivity contribution is 7.91. The zero-order valence-electron chi connectivity index (χ0n) is 11.0. The Hall–Kier alpha value is -1.11. The molecule has 20 heavy (non-hydrogen) atoms. The fraction of sp³-hybridized carbons (Fsp3) is 0.571. The number of aliphatic hydroxyl groups excluding tert-OH is 2. The molecule has 0 bridgehead atoms. The van der Waals surface area contributed by atoms with E-state index >= 15 is 0 Å². The SMILES string of the molecule is O=S1(=O)CC(O)C(Oc2ccc3c(c2)C(O)CCC3)C1. The lowest BCUT2D eigenvalue weighted by Crippen LogP contribution is -2.29. The molecule has 0 aromatic heterocycles. The number of fused-ring (bicyclic) bond motifs is 1. The summed E-state index contributed by atoms with van der Waals surface area (Å²) < 4.78 is 28.5. The molecule has 3 unspecified atom stereocenters. The van der Waals surface area contributed by atoms with Crippen molar-refractivity contribution in [1.29, 1.82) is 0 Å². The van der Waals surface area contributed by atoms with Crippen LogP contribution in [0.1, 0.15) is 30.1 Å². The summed E-state index contributed by atoms with van der Waals surface area (Å²) in [6.45, 7) is 0. The van der Waals surface area contributed by atoms with Crippen molar-refractivity contribution in [2.75, 3.05) is 11.5 Å². The highest BCUT2D eigenvalue weighted by atomic mass is 32.2. The van der Waals surface area contributed by atoms with Gasteiger partial charge in [0.05, 0.1) is 17.6 Å². The largest absolute Gasteiger partial charge is 0.487 e. The molecule has 3 rings (SSSR count). The van der Waals surface area contributed by atoms with E-state index in [0.29, 0.717) is 5.75 Å². The first-order valence-corrected chi connectivity index (χ1v) is 8.63. The molecule has 1 heterocycles. The monoisotopic (exact) mass is 298 g/mol. The van der Waals surface area contributed by atoms with E-state index in [1.54, 1.807) is 12.1 Å². The van der Waals surface area contributed by atoms with E-state index in [1.165, 1.54) is 0 Å². The molecule has 0 radical (unpaired) electrons. The maximum absolute atomic E-state index is 11.4. The number of aryl methyl sites for hydroxylation is 1. The second-order valence-corrected chi connectivity index (χ2v) is 7.72. The van der Waals surface area contributed by atoms with Gasteiger partial charge in [-0.2, -0.15) is 0 Å². The minimum Gasteiger partial charge on any atom is -0.487 e. The Labute approximate surface area is 118 Å². The number of aliphatic hydroxyl groups is 2. The average Bonchev–Trinajstić information content (AvgIpc) is 2.63. The van der Waals surface area contributed by atoms with Gasteiger partial charge in [-0.05, 0) is 42.5 Å². The van der Waals surface area contributed by atoms with Crippen LogP contribution in [0.3, 0.4) is 0 Å². The molecule has 1 aromatic carbocycles. The predicted molar refractivity (Wildman–Crippen MR) is 73.4 cm³/mol. The van der Waals surface area contributed by atoms with Gasteiger partial charge in [-0.3, -0.25) is 0 Å². The normalized spacial score (nSPS) is 31.8. The molecule has 0 saturated carbocycles. The average molecular weight is 298 g/mol. The second kappa shape index (κ2) is 5.02. The van der Waals surface area contributed by atoms with Crippen molar-refractivity contribution >= 4 is 9.84 Å². The van der Waals surface area contributed by atoms with E-state index in [-0.39, 0.29) is 11.5 Å². The van der Waals surface area contributed by atoms with Crippen LogP contribution < -0.4 is 4.74 Å². The number of sulfone groups is 1. The maximum atomic E-state index is 11.4. The van der Waals surface area contributed by atoms with Crippen LogP contribution in [-0.2, 0) is 16.3 Å². The van der Waals surface area contributed by atoms with Gasteiger partial charge in [-0.1, -0.05) is 6.07 Å². The van der Waals surface area contributed by atoms with Gasteiger partial charge in [0.1, 0.15) is 18.0 Å². The fourth-order valence-electron chi connectivity index (χ4n) is 2.91. The zero-order chi connectivity index (χ0) is 14.3. The Bertz CT molecular complexity index is 610. The smallest absolute Gasteiger partial charge is 0.156 e. The Morgan fingerprint density at radius 3 is 2.70 bits per heavy atom. The summed E-state index contributed by atoms with van der Waals surface area (Å²) in [7, 11) is -3.22. The summed E-state index contributed by atoms with van der Waals surface area (Å²) in [5, 5.41) is 19.7. The van der Waals surface area contributed by atoms with Gasteiger partial charge in [0, 0.05) is 0 Å². The number of hydrogen-bond acceptors (Lipinski definition) is 5. The maximum Gasteiger partial charge on any atom is 0.156 e. The zero-order valence-corrected chi connectivity index (χ0v) is 11.8. The Kier molecular flexibility index (Phi) is 3.48. The first-order valence-electron chi connectivity index (χ1n) is 6.81. The molecule has 1 aromatic rings. The summed E-state index contributed by atoms with van der Waals surface area (Å²) in [6, 6.07) is 5.44. The number of hydrogen-bond donors (Lipinski definition) is 2. The molecule has 5 nitrogen and oxygen atoms in total. The fourth-order valence-corrected chi connectivity index (χ4v) is 4.57. The van der Waals surface area contributed by atoms with Gasteiger partial charge >= 0.3 is 0 Å². The minimum absolute atomic E-state index is 0.159. The van der Waals surface area contributed by atoms with Crippen molar-refractivity contribution in [2.24, 2.45) is 0 Å². The van der Waals surface area contributed by atoms with Crippen LogP contribution in [0, 0.1) is 0 Å². The minimum atomic E-state index is -3.22. The van der Waals surface area contributed by atoms with E-state index in [2.05, 4.69) is 0 Å². The summed E-state index contributed by atoms with van der Waals surface area (Å²) in [5.74, 6) is 0.102. The molecule has 6 heteroatoms. The third-order valence-corrected chi connectivity index (χ3v) is 5.65. The van der Waals surface area contributed by atoms with E-state index < -0.39 is 28.1 Å². The van der Waals surface area contributed by atoms with E-state index in [1.807, 2.05) is 6.07 Å². The third-order valence-electron chi connectivity index (χ3n) is 3.96. The molecular weight excluding hydrogens is 280 g/mol. The summed E-state index contributed by atoms with van der Waals surface area (Å²) >= 11 is 0. The topological polar surface area (TPSA) is 83.8 Å². The number of rotatable bonds is 2. The van der Waals surface area contributed by atoms with E-state index in [0.717, 1.165) is 30.4 Å². The van der Waals surface area contributed by atoms with Crippen molar-refractivity contribution in [3.63, 3.8) is 0 Å². The molecule has 1 aliphatic carbocycles. The van der Waals surface area contributed by atoms with Gasteiger partial charge in [0.2, 0.25) is 0 Å². The summed E-state index contributed by atoms with van der Waals surface area (Å²) in [6.07, 6.45) is 0.442. The van der Waals surface area contributed by atoms with Gasteiger partial charge in [0.15, 0.2) is 9.84 Å². The van der Waals surface area contributed by atoms with Crippen molar-refractivity contribution in [3.05, 3.63) is 29.3 Å². The standard InChI is InChI=1S/C14H18O5S/c15-12-3-1-2-9-4-5-10(6-11(9)12)19-14-8-20(17,18)7-13(14)16/h4-6,12-16H,1-3,7-8H2. The van der Waals surface area contributed by atoms with Crippen LogP contribution in [0.15, 0.2) is 18.2 Å². The van der Waals surface area contributed by atoms with Crippen LogP contribution in [-0.4, -0.2) is 42.3 Å². The van der Waals surface area contributed by atoms with Gasteiger partial charge in [0.25, 0.3) is 0 Å². The molecule has 1 saturated heterocycles. The summed E-state index contributed by atoms with van der Waals surface area (Å²) in [4.78, 5) is 0. The molecule has 0 amide bonds. The lowest BCUT2D eigenvalue weighted by molar-refractivity contribution is 0.0733. The lowest BCUT2D eigenvalue weighted by atomic mass is 9.89. The van der Waals surface area contributed by atoms with Crippen LogP contribution >= 0.6 is 0 Å². The number of benzene rings is 1. The van der Waals surface area contributed by atoms with Gasteiger partial charge < -0.3 is 14.9 Å². The Morgan fingerprint density at radius 2 is 2.00 bits per heavy atom. The highest BCUT2D eigenvalue weighted by Crippen LogP contribution is 2.33. The quantitative estimate of drug-likeness (QED) is 0.835. The molecule has 0 spiro atoms. The van der Waals surface area contributed by atoms with Crippen molar-refractivity contribution in [1.82, 2.24) is 0 Å². The first-order chi connectivity index (χ1) is 9.44. The Balaban J connectivity index is 1.80. The van der Waals surface area contributed by atoms with Gasteiger partial charge in [-0.25, -0.2) is 8.42 Å². The van der Waals surface area contributed by atoms with E-state index in [9.17, 15) is 18.6 Å². The predicted octanol–water partition coefficient (Wildman–Crippen LogP) is 0.593. The van der Waals surface area contributed by atoms with Crippen molar-refractivity contribution in [2.45, 2.75) is 37.6 Å². The highest BCUT2D eigenvalue weighted by Gasteiger charge is 2.38. The first kappa shape index (κ1) is 13.9. The third kappa shape index (κ3) is 2.68. The van der Waals surface area contributed by atoms with Crippen LogP contribution in [0.4, 0.5) is 0 Å². The van der Waals surface area contributed by atoms with Crippen LogP contribution in [0.2, 0.25) is 0 Å².